The predicted molar refractivity (Wildman–Crippen MR) is 104 cm³/mol. The van der Waals surface area contributed by atoms with Gasteiger partial charge in [0.25, 0.3) is 11.8 Å². The van der Waals surface area contributed by atoms with Gasteiger partial charge in [-0.05, 0) is 32.1 Å². The van der Waals surface area contributed by atoms with Crippen LogP contribution in [0, 0.1) is 0 Å². The Bertz CT molecular complexity index is 606. The number of nitrogens with one attached hydrogen (secondary N) is 1. The van der Waals surface area contributed by atoms with E-state index in [-0.39, 0.29) is 38.6 Å². The molecule has 0 aromatic carbocycles. The monoisotopic (exact) mass is 426 g/mol. The van der Waals surface area contributed by atoms with E-state index in [0.29, 0.717) is 24.8 Å². The molecule has 1 N–H and O–H groups in total. The number of allylic oxidation sites excluding steroid dienone is 2. The molecule has 1 unspecified atom stereocenters. The largest absolute Gasteiger partial charge is 0.446 e. The first kappa shape index (κ1) is 23.8. The first-order valence-electron chi connectivity index (χ1n) is 10.4. The summed E-state index contributed by atoms with van der Waals surface area (Å²) >= 11 is 0. The lowest BCUT2D eigenvalue weighted by Gasteiger charge is -2.18. The number of ether oxygens (including phenoxy) is 3. The van der Waals surface area contributed by atoms with Crippen molar-refractivity contribution in [1.29, 1.82) is 0 Å². The molecule has 1 saturated heterocycles. The smallest absolute Gasteiger partial charge is 0.407 e. The minimum Gasteiger partial charge on any atom is -0.446 e. The Hall–Kier alpha value is -2.46. The molecule has 0 aromatic rings. The normalized spacial score (nSPS) is 20.4. The number of hydrogen-bond donors (Lipinski definition) is 1. The van der Waals surface area contributed by atoms with Crippen LogP contribution in [0.4, 0.5) is 4.79 Å². The molecule has 0 saturated carbocycles. The maximum absolute atomic E-state index is 11.8. The summed E-state index contributed by atoms with van der Waals surface area (Å²) in [4.78, 5) is 50.7. The maximum atomic E-state index is 11.8. The summed E-state index contributed by atoms with van der Waals surface area (Å²) in [7, 11) is 0. The fraction of sp³-hybridized carbons (Fsp3) is 0.700. The number of carbonyl (C=O) groups is 4. The summed E-state index contributed by atoms with van der Waals surface area (Å²) in [5.74, 6) is -1.73. The van der Waals surface area contributed by atoms with E-state index in [1.54, 1.807) is 0 Å². The quantitative estimate of drug-likeness (QED) is 0.301. The molecule has 0 spiro atoms. The zero-order chi connectivity index (χ0) is 21.6. The van der Waals surface area contributed by atoms with Gasteiger partial charge >= 0.3 is 12.1 Å². The lowest BCUT2D eigenvalue weighted by Crippen LogP contribution is -2.32. The van der Waals surface area contributed by atoms with E-state index in [2.05, 4.69) is 17.5 Å². The number of nitrogens with zero attached hydrogens (tertiary/aromatic N) is 1. The SMILES string of the molecule is O=C(CCOCCOCCNC(=O)OC1CC/C=C\CCC1)ON1C(=O)CCC1=O. The van der Waals surface area contributed by atoms with E-state index in [1.165, 1.54) is 0 Å². The van der Waals surface area contributed by atoms with E-state index in [1.807, 2.05) is 0 Å². The van der Waals surface area contributed by atoms with Crippen LogP contribution in [0.1, 0.15) is 51.4 Å². The first-order chi connectivity index (χ1) is 14.6. The van der Waals surface area contributed by atoms with Gasteiger partial charge in [0.1, 0.15) is 6.10 Å². The van der Waals surface area contributed by atoms with Gasteiger partial charge in [-0.25, -0.2) is 9.59 Å². The fourth-order valence-corrected chi connectivity index (χ4v) is 2.94. The van der Waals surface area contributed by atoms with Crippen LogP contribution >= 0.6 is 0 Å². The minimum atomic E-state index is -0.706. The van der Waals surface area contributed by atoms with Crippen molar-refractivity contribution in [2.24, 2.45) is 0 Å². The molecule has 1 fully saturated rings. The molecule has 0 bridgehead atoms. The summed E-state index contributed by atoms with van der Waals surface area (Å²) in [5, 5.41) is 3.17. The zero-order valence-electron chi connectivity index (χ0n) is 17.1. The molecular weight excluding hydrogens is 396 g/mol. The van der Waals surface area contributed by atoms with Crippen molar-refractivity contribution < 1.29 is 38.2 Å². The summed E-state index contributed by atoms with van der Waals surface area (Å²) in [5.41, 5.74) is 0. The topological polar surface area (TPSA) is 120 Å². The molecule has 1 heterocycles. The highest BCUT2D eigenvalue weighted by Gasteiger charge is 2.32. The molecule has 3 amide bonds. The predicted octanol–water partition coefficient (Wildman–Crippen LogP) is 1.63. The summed E-state index contributed by atoms with van der Waals surface area (Å²) in [6.45, 7) is 1.28. The van der Waals surface area contributed by atoms with Gasteiger partial charge in [0.15, 0.2) is 0 Å². The molecule has 0 radical (unpaired) electrons. The highest BCUT2D eigenvalue weighted by molar-refractivity contribution is 6.01. The van der Waals surface area contributed by atoms with Crippen molar-refractivity contribution in [2.75, 3.05) is 33.0 Å². The van der Waals surface area contributed by atoms with Crippen LogP contribution in [0.25, 0.3) is 0 Å². The van der Waals surface area contributed by atoms with Crippen molar-refractivity contribution in [2.45, 2.75) is 57.5 Å². The second kappa shape index (κ2) is 13.7. The van der Waals surface area contributed by atoms with E-state index in [9.17, 15) is 19.2 Å². The fourth-order valence-electron chi connectivity index (χ4n) is 2.94. The summed E-state index contributed by atoms with van der Waals surface area (Å²) < 4.78 is 16.0. The molecule has 1 aliphatic carbocycles. The number of rotatable bonds is 11. The molecule has 10 nitrogen and oxygen atoms in total. The number of carbonyl (C=O) groups excluding carboxylic acids is 4. The van der Waals surface area contributed by atoms with E-state index >= 15 is 0 Å². The Morgan fingerprint density at radius 1 is 0.967 bits per heavy atom. The lowest BCUT2D eigenvalue weighted by molar-refractivity contribution is -0.198. The van der Waals surface area contributed by atoms with Crippen LogP contribution in [0.5, 0.6) is 0 Å². The third kappa shape index (κ3) is 9.36. The van der Waals surface area contributed by atoms with Gasteiger partial charge in [-0.1, -0.05) is 12.2 Å². The highest BCUT2D eigenvalue weighted by atomic mass is 16.7. The standard InChI is InChI=1S/C20H30N2O8/c23-17-8-9-18(24)22(17)30-19(25)10-12-27-14-15-28-13-11-21-20(26)29-16-6-4-2-1-3-5-7-16/h1-2,16H,3-15H2,(H,21,26)/b2-1-. The lowest BCUT2D eigenvalue weighted by atomic mass is 10.0. The number of hydrogen-bond acceptors (Lipinski definition) is 8. The van der Waals surface area contributed by atoms with Crippen molar-refractivity contribution in [3.05, 3.63) is 12.2 Å². The van der Waals surface area contributed by atoms with E-state index < -0.39 is 23.9 Å². The molecule has 168 valence electrons. The Morgan fingerprint density at radius 3 is 2.43 bits per heavy atom. The van der Waals surface area contributed by atoms with Crippen molar-refractivity contribution in [3.63, 3.8) is 0 Å². The van der Waals surface area contributed by atoms with Crippen LogP contribution in [-0.2, 0) is 33.4 Å². The minimum absolute atomic E-state index is 0.0438. The Labute approximate surface area is 175 Å². The van der Waals surface area contributed by atoms with Crippen LogP contribution in [0.3, 0.4) is 0 Å². The number of alkyl carbamates (subject to hydrolysis) is 1. The Balaban J connectivity index is 1.40. The Kier molecular flexibility index (Phi) is 10.9. The first-order valence-corrected chi connectivity index (χ1v) is 10.4. The van der Waals surface area contributed by atoms with Crippen LogP contribution in [0.2, 0.25) is 0 Å². The molecule has 2 rings (SSSR count). The molecule has 1 aliphatic heterocycles. The molecule has 30 heavy (non-hydrogen) atoms. The van der Waals surface area contributed by atoms with Crippen molar-refractivity contribution in [1.82, 2.24) is 10.4 Å². The van der Waals surface area contributed by atoms with Crippen LogP contribution in [0.15, 0.2) is 12.2 Å². The second-order valence-corrected chi connectivity index (χ2v) is 6.95. The Morgan fingerprint density at radius 2 is 1.67 bits per heavy atom. The number of hydroxylamine groups is 2. The number of amides is 3. The van der Waals surface area contributed by atoms with E-state index in [0.717, 1.165) is 32.1 Å². The van der Waals surface area contributed by atoms with Gasteiger partial charge in [-0.15, -0.1) is 5.06 Å². The zero-order valence-corrected chi connectivity index (χ0v) is 17.1. The van der Waals surface area contributed by atoms with Crippen LogP contribution < -0.4 is 5.32 Å². The second-order valence-electron chi connectivity index (χ2n) is 6.95. The molecular formula is C20H30N2O8. The third-order valence-electron chi connectivity index (χ3n) is 4.53. The van der Waals surface area contributed by atoms with Crippen LogP contribution in [-0.4, -0.2) is 68.0 Å². The van der Waals surface area contributed by atoms with E-state index in [4.69, 9.17) is 19.0 Å². The maximum Gasteiger partial charge on any atom is 0.407 e. The van der Waals surface area contributed by atoms with Crippen molar-refractivity contribution in [3.8, 4) is 0 Å². The van der Waals surface area contributed by atoms with Gasteiger partial charge in [-0.3, -0.25) is 9.59 Å². The summed E-state index contributed by atoms with van der Waals surface area (Å²) in [6, 6.07) is 0. The average Bonchev–Trinajstić information content (AvgIpc) is 3.00. The van der Waals surface area contributed by atoms with Gasteiger partial charge in [0.2, 0.25) is 0 Å². The summed E-state index contributed by atoms with van der Waals surface area (Å²) in [6.07, 6.45) is 8.55. The average molecular weight is 426 g/mol. The third-order valence-corrected chi connectivity index (χ3v) is 4.53. The number of imide groups is 1. The van der Waals surface area contributed by atoms with Gasteiger partial charge in [0, 0.05) is 19.4 Å². The molecule has 2 aliphatic rings. The molecule has 1 atom stereocenters. The molecule has 0 aromatic heterocycles. The molecule has 10 heteroatoms. The van der Waals surface area contributed by atoms with Gasteiger partial charge < -0.3 is 24.4 Å². The van der Waals surface area contributed by atoms with Crippen molar-refractivity contribution >= 4 is 23.9 Å². The highest BCUT2D eigenvalue weighted by Crippen LogP contribution is 2.15. The van der Waals surface area contributed by atoms with Gasteiger partial charge in [0.05, 0.1) is 32.8 Å². The van der Waals surface area contributed by atoms with Gasteiger partial charge in [-0.2, -0.15) is 0 Å².